The van der Waals surface area contributed by atoms with Gasteiger partial charge in [-0.2, -0.15) is 0 Å². The van der Waals surface area contributed by atoms with E-state index in [-0.39, 0.29) is 23.8 Å². The topological polar surface area (TPSA) is 92.3 Å². The number of nitrogens with one attached hydrogen (secondary N) is 2. The van der Waals surface area contributed by atoms with Gasteiger partial charge in [-0.05, 0) is 34.9 Å². The molecule has 0 fully saturated rings. The summed E-state index contributed by atoms with van der Waals surface area (Å²) in [6.07, 6.45) is 0.862. The van der Waals surface area contributed by atoms with Crippen molar-refractivity contribution in [3.8, 4) is 0 Å². The summed E-state index contributed by atoms with van der Waals surface area (Å²) in [5.41, 5.74) is 3.10. The predicted molar refractivity (Wildman–Crippen MR) is 97.8 cm³/mol. The first-order valence-electron chi connectivity index (χ1n) is 7.47. The maximum Gasteiger partial charge on any atom is 0.240 e. The van der Waals surface area contributed by atoms with Crippen LogP contribution in [0, 0.1) is 5.82 Å². The highest BCUT2D eigenvalue weighted by Gasteiger charge is 2.20. The van der Waals surface area contributed by atoms with Crippen LogP contribution in [0.15, 0.2) is 46.2 Å². The highest BCUT2D eigenvalue weighted by Crippen LogP contribution is 2.20. The van der Waals surface area contributed by atoms with Crippen molar-refractivity contribution in [2.24, 2.45) is 0 Å². The van der Waals surface area contributed by atoms with Crippen molar-refractivity contribution in [1.82, 2.24) is 10.0 Å². The van der Waals surface area contributed by atoms with E-state index in [1.807, 2.05) is 18.2 Å². The molecular formula is C16H18ClFN2O4S2. The largest absolute Gasteiger partial charge is 0.309 e. The second kappa shape index (κ2) is 7.61. The molecule has 2 aromatic rings. The van der Waals surface area contributed by atoms with Gasteiger partial charge in [-0.1, -0.05) is 18.2 Å². The summed E-state index contributed by atoms with van der Waals surface area (Å²) in [5, 5.41) is 3.21. The summed E-state index contributed by atoms with van der Waals surface area (Å²) >= 11 is 0. The fraction of sp³-hybridized carbons (Fsp3) is 0.250. The van der Waals surface area contributed by atoms with Crippen LogP contribution in [0.25, 0.3) is 0 Å². The van der Waals surface area contributed by atoms with Crippen LogP contribution >= 0.6 is 12.4 Å². The predicted octanol–water partition coefficient (Wildman–Crippen LogP) is 1.73. The van der Waals surface area contributed by atoms with Crippen molar-refractivity contribution in [3.05, 3.63) is 58.9 Å². The van der Waals surface area contributed by atoms with Gasteiger partial charge < -0.3 is 5.32 Å². The quantitative estimate of drug-likeness (QED) is 0.768. The van der Waals surface area contributed by atoms with E-state index in [0.717, 1.165) is 42.6 Å². The lowest BCUT2D eigenvalue weighted by atomic mass is 10.1. The molecule has 1 aliphatic heterocycles. The van der Waals surface area contributed by atoms with Crippen LogP contribution in [0.5, 0.6) is 0 Å². The molecule has 10 heteroatoms. The minimum Gasteiger partial charge on any atom is -0.309 e. The Labute approximate surface area is 158 Å². The molecule has 1 aliphatic rings. The summed E-state index contributed by atoms with van der Waals surface area (Å²) in [6, 6.07) is 8.45. The zero-order valence-corrected chi connectivity index (χ0v) is 16.3. The zero-order valence-electron chi connectivity index (χ0n) is 13.8. The molecule has 1 heterocycles. The van der Waals surface area contributed by atoms with Gasteiger partial charge in [-0.15, -0.1) is 12.4 Å². The Morgan fingerprint density at radius 1 is 1.04 bits per heavy atom. The highest BCUT2D eigenvalue weighted by molar-refractivity contribution is 7.90. The number of rotatable bonds is 5. The van der Waals surface area contributed by atoms with E-state index in [4.69, 9.17) is 0 Å². The van der Waals surface area contributed by atoms with Gasteiger partial charge in [-0.3, -0.25) is 0 Å². The van der Waals surface area contributed by atoms with Gasteiger partial charge in [0.25, 0.3) is 0 Å². The Bertz CT molecular complexity index is 1040. The van der Waals surface area contributed by atoms with Crippen LogP contribution in [-0.2, 0) is 39.5 Å². The first-order chi connectivity index (χ1) is 11.7. The molecule has 2 N–H and O–H groups in total. The van der Waals surface area contributed by atoms with E-state index >= 15 is 0 Å². The van der Waals surface area contributed by atoms with Crippen LogP contribution < -0.4 is 10.0 Å². The molecule has 26 heavy (non-hydrogen) atoms. The van der Waals surface area contributed by atoms with E-state index in [2.05, 4.69) is 10.0 Å². The van der Waals surface area contributed by atoms with E-state index in [1.54, 1.807) is 0 Å². The summed E-state index contributed by atoms with van der Waals surface area (Å²) < 4.78 is 63.8. The van der Waals surface area contributed by atoms with Crippen molar-refractivity contribution < 1.29 is 21.2 Å². The van der Waals surface area contributed by atoms with Crippen LogP contribution in [0.3, 0.4) is 0 Å². The van der Waals surface area contributed by atoms with Crippen LogP contribution in [0.4, 0.5) is 4.39 Å². The summed E-state index contributed by atoms with van der Waals surface area (Å²) in [4.78, 5) is -0.849. The lowest BCUT2D eigenvalue weighted by molar-refractivity contribution is 0.560. The smallest absolute Gasteiger partial charge is 0.240 e. The molecule has 0 radical (unpaired) electrons. The molecule has 0 spiro atoms. The van der Waals surface area contributed by atoms with Crippen molar-refractivity contribution >= 4 is 32.3 Å². The van der Waals surface area contributed by atoms with E-state index in [9.17, 15) is 21.2 Å². The van der Waals surface area contributed by atoms with E-state index < -0.39 is 30.6 Å². The average molecular weight is 421 g/mol. The summed E-state index contributed by atoms with van der Waals surface area (Å²) in [5.74, 6) is -1.09. The van der Waals surface area contributed by atoms with Gasteiger partial charge >= 0.3 is 0 Å². The Morgan fingerprint density at radius 3 is 2.38 bits per heavy atom. The summed E-state index contributed by atoms with van der Waals surface area (Å²) in [7, 11) is -7.71. The van der Waals surface area contributed by atoms with E-state index in [1.165, 1.54) is 5.56 Å². The van der Waals surface area contributed by atoms with Crippen LogP contribution in [0.2, 0.25) is 0 Å². The number of fused-ring (bicyclic) bond motifs is 1. The number of benzene rings is 2. The van der Waals surface area contributed by atoms with E-state index in [0.29, 0.717) is 6.07 Å². The highest BCUT2D eigenvalue weighted by atomic mass is 35.5. The number of sulfonamides is 1. The standard InChI is InChI=1S/C16H17FN2O4S2.ClH/c1-24(20,21)16-5-4-14(7-15(16)17)25(22,23)19-8-11-2-3-12-9-18-10-13(12)6-11;/h2-7,18-19H,8-10H2,1H3;1H. The number of halogens is 2. The number of hydrogen-bond acceptors (Lipinski definition) is 5. The molecule has 0 saturated carbocycles. The van der Waals surface area contributed by atoms with Gasteiger partial charge in [0.05, 0.1) is 4.90 Å². The molecule has 142 valence electrons. The summed E-state index contributed by atoms with van der Waals surface area (Å²) in [6.45, 7) is 1.60. The van der Waals surface area contributed by atoms with Crippen molar-refractivity contribution in [2.75, 3.05) is 6.26 Å². The monoisotopic (exact) mass is 420 g/mol. The normalized spacial score (nSPS) is 13.9. The third-order valence-corrected chi connectivity index (χ3v) is 6.51. The molecule has 0 atom stereocenters. The molecule has 0 bridgehead atoms. The fourth-order valence-electron chi connectivity index (χ4n) is 2.67. The molecule has 0 aliphatic carbocycles. The van der Waals surface area contributed by atoms with Crippen LogP contribution in [0.1, 0.15) is 16.7 Å². The lowest BCUT2D eigenvalue weighted by Gasteiger charge is -2.09. The Balaban J connectivity index is 0.00000243. The Kier molecular flexibility index (Phi) is 6.09. The third kappa shape index (κ3) is 4.41. The fourth-order valence-corrected chi connectivity index (χ4v) is 4.43. The minimum atomic E-state index is -3.96. The minimum absolute atomic E-state index is 0. The molecule has 0 aromatic heterocycles. The molecular weight excluding hydrogens is 403 g/mol. The Morgan fingerprint density at radius 2 is 1.73 bits per heavy atom. The lowest BCUT2D eigenvalue weighted by Crippen LogP contribution is -2.23. The molecule has 0 amide bonds. The number of sulfone groups is 1. The molecule has 0 saturated heterocycles. The van der Waals surface area contributed by atoms with Crippen molar-refractivity contribution in [2.45, 2.75) is 29.4 Å². The first-order valence-corrected chi connectivity index (χ1v) is 10.8. The van der Waals surface area contributed by atoms with Gasteiger partial charge in [0.2, 0.25) is 10.0 Å². The first kappa shape index (κ1) is 20.8. The Hall–Kier alpha value is -1.52. The van der Waals surface area contributed by atoms with Gasteiger partial charge in [-0.25, -0.2) is 25.9 Å². The molecule has 6 nitrogen and oxygen atoms in total. The van der Waals surface area contributed by atoms with Gasteiger partial charge in [0.15, 0.2) is 9.84 Å². The maximum atomic E-state index is 13.9. The molecule has 2 aromatic carbocycles. The molecule has 3 rings (SSSR count). The van der Waals surface area contributed by atoms with Gasteiger partial charge in [0.1, 0.15) is 10.7 Å². The second-order valence-electron chi connectivity index (χ2n) is 5.90. The SMILES string of the molecule is CS(=O)(=O)c1ccc(S(=O)(=O)NCc2ccc3c(c2)CNC3)cc1F.Cl. The maximum absolute atomic E-state index is 13.9. The van der Waals surface area contributed by atoms with Crippen molar-refractivity contribution in [1.29, 1.82) is 0 Å². The average Bonchev–Trinajstić information content (AvgIpc) is 2.99. The third-order valence-electron chi connectivity index (χ3n) is 3.98. The second-order valence-corrected chi connectivity index (χ2v) is 9.65. The zero-order chi connectivity index (χ0) is 18.2. The van der Waals surface area contributed by atoms with Crippen LogP contribution in [-0.4, -0.2) is 23.1 Å². The van der Waals surface area contributed by atoms with Gasteiger partial charge in [0, 0.05) is 25.9 Å². The number of hydrogen-bond donors (Lipinski definition) is 2. The molecule has 0 unspecified atom stereocenters. The van der Waals surface area contributed by atoms with Crippen molar-refractivity contribution in [3.63, 3.8) is 0 Å².